The number of amides is 1. The van der Waals surface area contributed by atoms with Crippen molar-refractivity contribution < 1.29 is 28.5 Å². The number of aromatic nitrogens is 2. The number of H-pyrrole nitrogens is 1. The third-order valence-corrected chi connectivity index (χ3v) is 5.37. The quantitative estimate of drug-likeness (QED) is 0.246. The van der Waals surface area contributed by atoms with Crippen LogP contribution >= 0.6 is 15.9 Å². The molecule has 2 heterocycles. The lowest BCUT2D eigenvalue weighted by Gasteiger charge is -2.19. The number of rotatable bonds is 11. The van der Waals surface area contributed by atoms with E-state index >= 15 is 0 Å². The summed E-state index contributed by atoms with van der Waals surface area (Å²) in [6, 6.07) is 0. The molecule has 0 radical (unpaired) electrons. The number of alkyl carbamates (subject to hydrolysis) is 1. The lowest BCUT2D eigenvalue weighted by molar-refractivity contribution is -0.153. The molecule has 0 spiro atoms. The van der Waals surface area contributed by atoms with Crippen molar-refractivity contribution in [2.75, 3.05) is 13.2 Å². The van der Waals surface area contributed by atoms with Crippen molar-refractivity contribution in [1.29, 1.82) is 0 Å². The zero-order valence-corrected chi connectivity index (χ0v) is 21.2. The molecule has 0 saturated carbocycles. The number of hydrogen-bond donors (Lipinski definition) is 2. The first-order valence-electron chi connectivity index (χ1n) is 11.1. The molecule has 0 aromatic carbocycles. The molecule has 0 unspecified atom stereocenters. The van der Waals surface area contributed by atoms with Crippen LogP contribution in [0.25, 0.3) is 0 Å². The van der Waals surface area contributed by atoms with E-state index in [0.29, 0.717) is 19.4 Å². The molecule has 0 aliphatic carbocycles. The Balaban J connectivity index is 1.81. The van der Waals surface area contributed by atoms with Crippen LogP contribution < -0.4 is 16.6 Å². The molecule has 1 amide bonds. The van der Waals surface area contributed by atoms with E-state index in [1.165, 1.54) is 17.0 Å². The molecule has 3 atom stereocenters. The summed E-state index contributed by atoms with van der Waals surface area (Å²) in [6.45, 7) is 9.41. The van der Waals surface area contributed by atoms with Gasteiger partial charge < -0.3 is 24.3 Å². The van der Waals surface area contributed by atoms with E-state index in [2.05, 4.69) is 32.8 Å². The Morgan fingerprint density at radius 2 is 2.06 bits per heavy atom. The number of ether oxygens (including phenoxy) is 4. The van der Waals surface area contributed by atoms with Crippen LogP contribution in [-0.2, 0) is 23.7 Å². The van der Waals surface area contributed by atoms with Gasteiger partial charge in [0.05, 0.1) is 10.7 Å². The molecule has 190 valence electrons. The van der Waals surface area contributed by atoms with Crippen molar-refractivity contribution in [3.05, 3.63) is 44.3 Å². The van der Waals surface area contributed by atoms with Gasteiger partial charge in [-0.3, -0.25) is 19.1 Å². The minimum absolute atomic E-state index is 0.0908. The van der Waals surface area contributed by atoms with E-state index in [0.717, 1.165) is 6.42 Å². The fourth-order valence-electron chi connectivity index (χ4n) is 3.29. The average molecular weight is 546 g/mol. The van der Waals surface area contributed by atoms with Gasteiger partial charge in [0.15, 0.2) is 0 Å². The van der Waals surface area contributed by atoms with Crippen LogP contribution in [-0.4, -0.2) is 52.6 Å². The highest BCUT2D eigenvalue weighted by Crippen LogP contribution is 2.31. The molecule has 2 rings (SSSR count). The van der Waals surface area contributed by atoms with Crippen molar-refractivity contribution >= 4 is 28.0 Å². The number of carbonyl (C=O) groups is 2. The van der Waals surface area contributed by atoms with Gasteiger partial charge in [-0.25, -0.2) is 9.59 Å². The molecular weight excluding hydrogens is 514 g/mol. The third-order valence-electron chi connectivity index (χ3n) is 4.80. The van der Waals surface area contributed by atoms with E-state index in [9.17, 15) is 19.2 Å². The van der Waals surface area contributed by atoms with Gasteiger partial charge in [-0.05, 0) is 49.5 Å². The topological polar surface area (TPSA) is 138 Å². The highest BCUT2D eigenvalue weighted by Gasteiger charge is 2.39. The molecule has 1 aromatic rings. The van der Waals surface area contributed by atoms with Crippen molar-refractivity contribution in [2.24, 2.45) is 0 Å². The summed E-state index contributed by atoms with van der Waals surface area (Å²) in [4.78, 5) is 50.0. The van der Waals surface area contributed by atoms with Gasteiger partial charge in [-0.15, -0.1) is 0 Å². The number of nitrogens with zero attached hydrogens (tertiary/aromatic N) is 1. The maximum atomic E-state index is 12.4. The summed E-state index contributed by atoms with van der Waals surface area (Å²) in [5.41, 5.74) is -1.73. The van der Waals surface area contributed by atoms with Crippen LogP contribution in [0.3, 0.4) is 0 Å². The molecule has 12 heteroatoms. The Kier molecular flexibility index (Phi) is 10.4. The van der Waals surface area contributed by atoms with Crippen molar-refractivity contribution in [3.63, 3.8) is 0 Å². The summed E-state index contributed by atoms with van der Waals surface area (Å²) in [7, 11) is 0. The highest BCUT2D eigenvalue weighted by atomic mass is 79.9. The largest absolute Gasteiger partial charge is 0.499 e. The van der Waals surface area contributed by atoms with Crippen LogP contribution in [0.2, 0.25) is 0 Å². The Labute approximate surface area is 205 Å². The molecule has 11 nitrogen and oxygen atoms in total. The predicted octanol–water partition coefficient (Wildman–Crippen LogP) is 2.74. The van der Waals surface area contributed by atoms with E-state index in [1.807, 2.05) is 0 Å². The van der Waals surface area contributed by atoms with Crippen LogP contribution in [0.1, 0.15) is 59.1 Å². The monoisotopic (exact) mass is 545 g/mol. The molecule has 1 aromatic heterocycles. The van der Waals surface area contributed by atoms with Gasteiger partial charge in [0.25, 0.3) is 5.56 Å². The third kappa shape index (κ3) is 8.98. The van der Waals surface area contributed by atoms with Gasteiger partial charge in [0.1, 0.15) is 30.6 Å². The fourth-order valence-corrected chi connectivity index (χ4v) is 3.61. The van der Waals surface area contributed by atoms with Crippen molar-refractivity contribution in [1.82, 2.24) is 14.9 Å². The molecule has 1 saturated heterocycles. The molecule has 1 fully saturated rings. The van der Waals surface area contributed by atoms with Crippen molar-refractivity contribution in [3.8, 4) is 0 Å². The number of halogens is 1. The lowest BCUT2D eigenvalue weighted by Crippen LogP contribution is -2.33. The standard InChI is InChI=1S/C22H32BrN3O8/c1-5-31-13-16-15(11-17(32-16)26-12-14(23)19(28)25-20(26)29)33-18(27)9-7-6-8-10-24-21(30)34-22(2,3)4/h5,12,15-17H,1,6-11,13H2,2-4H3,(H,24,30)(H,25,28,29)/t15-,16+,17+/m0/s1. The number of aromatic amines is 1. The number of hydrogen-bond acceptors (Lipinski definition) is 8. The smallest absolute Gasteiger partial charge is 0.407 e. The van der Waals surface area contributed by atoms with E-state index < -0.39 is 47.3 Å². The maximum Gasteiger partial charge on any atom is 0.407 e. The zero-order chi connectivity index (χ0) is 25.3. The number of nitrogens with one attached hydrogen (secondary N) is 2. The second kappa shape index (κ2) is 12.7. The summed E-state index contributed by atoms with van der Waals surface area (Å²) >= 11 is 3.09. The van der Waals surface area contributed by atoms with Crippen LogP contribution in [0.5, 0.6) is 0 Å². The first-order valence-corrected chi connectivity index (χ1v) is 11.8. The molecule has 1 aliphatic heterocycles. The van der Waals surface area contributed by atoms with Crippen LogP contribution in [0.4, 0.5) is 4.79 Å². The number of unbranched alkanes of at least 4 members (excludes halogenated alkanes) is 2. The van der Waals surface area contributed by atoms with Crippen molar-refractivity contribution in [2.45, 2.75) is 76.9 Å². The second-order valence-corrected chi connectivity index (χ2v) is 9.63. The average Bonchev–Trinajstić information content (AvgIpc) is 3.12. The highest BCUT2D eigenvalue weighted by molar-refractivity contribution is 9.10. The van der Waals surface area contributed by atoms with Gasteiger partial charge in [-0.2, -0.15) is 0 Å². The Hall–Kier alpha value is -2.60. The summed E-state index contributed by atoms with van der Waals surface area (Å²) in [6.07, 6.45) is 2.57. The summed E-state index contributed by atoms with van der Waals surface area (Å²) in [5, 5.41) is 2.67. The minimum atomic E-state index is -0.740. The van der Waals surface area contributed by atoms with Gasteiger partial charge >= 0.3 is 17.8 Å². The van der Waals surface area contributed by atoms with Gasteiger partial charge in [-0.1, -0.05) is 13.0 Å². The minimum Gasteiger partial charge on any atom is -0.499 e. The molecule has 0 bridgehead atoms. The normalized spacial score (nSPS) is 19.9. The number of carbonyl (C=O) groups excluding carboxylic acids is 2. The fraction of sp³-hybridized carbons (Fsp3) is 0.636. The first-order chi connectivity index (χ1) is 16.0. The Morgan fingerprint density at radius 3 is 2.74 bits per heavy atom. The number of esters is 1. The molecule has 1 aliphatic rings. The van der Waals surface area contributed by atoms with E-state index in [4.69, 9.17) is 18.9 Å². The summed E-state index contributed by atoms with van der Waals surface area (Å²) in [5.74, 6) is -0.395. The van der Waals surface area contributed by atoms with E-state index in [-0.39, 0.29) is 23.9 Å². The molecule has 2 N–H and O–H groups in total. The van der Waals surface area contributed by atoms with E-state index in [1.54, 1.807) is 20.8 Å². The molecule has 34 heavy (non-hydrogen) atoms. The first kappa shape index (κ1) is 27.6. The Morgan fingerprint density at radius 1 is 1.32 bits per heavy atom. The van der Waals surface area contributed by atoms with Gasteiger partial charge in [0.2, 0.25) is 0 Å². The summed E-state index contributed by atoms with van der Waals surface area (Å²) < 4.78 is 23.3. The predicted molar refractivity (Wildman–Crippen MR) is 126 cm³/mol. The lowest BCUT2D eigenvalue weighted by atomic mass is 10.1. The maximum absolute atomic E-state index is 12.4. The molecular formula is C22H32BrN3O8. The van der Waals surface area contributed by atoms with Gasteiger partial charge in [0, 0.05) is 25.6 Å². The van der Waals surface area contributed by atoms with Crippen LogP contribution in [0.15, 0.2) is 33.1 Å². The Bertz CT molecular complexity index is 968. The SMILES string of the molecule is C=COC[C@H]1O[C@@H](n2cc(Br)c(=O)[nH]c2=O)C[C@@H]1OC(=O)CCCCCNC(=O)OC(C)(C)C. The van der Waals surface area contributed by atoms with Crippen LogP contribution in [0, 0.1) is 0 Å². The second-order valence-electron chi connectivity index (χ2n) is 8.78. The zero-order valence-electron chi connectivity index (χ0n) is 19.6.